The lowest BCUT2D eigenvalue weighted by Crippen LogP contribution is -2.30. The van der Waals surface area contributed by atoms with Crippen molar-refractivity contribution < 1.29 is 8.42 Å². The van der Waals surface area contributed by atoms with Gasteiger partial charge >= 0.3 is 0 Å². The highest BCUT2D eigenvalue weighted by atomic mass is 35.5. The Hall–Kier alpha value is -0.520. The monoisotopic (exact) mass is 264 g/mol. The number of hydrogen-bond acceptors (Lipinski definition) is 2. The van der Waals surface area contributed by atoms with Crippen molar-refractivity contribution in [3.8, 4) is 0 Å². The zero-order valence-corrected chi connectivity index (χ0v) is 11.3. The number of aromatic nitrogens is 1. The predicted octanol–water partition coefficient (Wildman–Crippen LogP) is 2.03. The van der Waals surface area contributed by atoms with Gasteiger partial charge in [-0.1, -0.05) is 13.8 Å². The fourth-order valence-electron chi connectivity index (χ4n) is 1.44. The third-order valence-corrected chi connectivity index (χ3v) is 4.28. The molecule has 0 aromatic carbocycles. The third kappa shape index (κ3) is 2.99. The zero-order valence-electron chi connectivity index (χ0n) is 9.70. The van der Waals surface area contributed by atoms with Gasteiger partial charge in [-0.25, -0.2) is 12.7 Å². The number of nitrogens with one attached hydrogen (secondary N) is 1. The van der Waals surface area contributed by atoms with E-state index < -0.39 is 10.0 Å². The lowest BCUT2D eigenvalue weighted by molar-refractivity contribution is 0.417. The molecule has 6 heteroatoms. The largest absolute Gasteiger partial charge is 0.363 e. The van der Waals surface area contributed by atoms with E-state index in [9.17, 15) is 8.42 Å². The first-order valence-corrected chi connectivity index (χ1v) is 7.05. The second kappa shape index (κ2) is 5.21. The van der Waals surface area contributed by atoms with Crippen molar-refractivity contribution >= 4 is 21.6 Å². The van der Waals surface area contributed by atoms with Crippen molar-refractivity contribution in [2.45, 2.75) is 24.6 Å². The highest BCUT2D eigenvalue weighted by Gasteiger charge is 2.22. The summed E-state index contributed by atoms with van der Waals surface area (Å²) in [6.45, 7) is 4.46. The molecule has 4 nitrogen and oxygen atoms in total. The van der Waals surface area contributed by atoms with E-state index in [1.807, 2.05) is 13.8 Å². The van der Waals surface area contributed by atoms with E-state index in [1.165, 1.54) is 10.5 Å². The van der Waals surface area contributed by atoms with E-state index in [-0.39, 0.29) is 10.8 Å². The summed E-state index contributed by atoms with van der Waals surface area (Å²) in [6.07, 6.45) is 1.48. The average molecular weight is 265 g/mol. The SMILES string of the molecule is CC(C)CN(C)S(=O)(=O)c1c[nH]c(CCl)c1. The first-order valence-electron chi connectivity index (χ1n) is 5.07. The van der Waals surface area contributed by atoms with Gasteiger partial charge < -0.3 is 4.98 Å². The number of rotatable bonds is 5. The fourth-order valence-corrected chi connectivity index (χ4v) is 2.94. The van der Waals surface area contributed by atoms with Gasteiger partial charge in [-0.2, -0.15) is 0 Å². The van der Waals surface area contributed by atoms with Gasteiger partial charge in [0.05, 0.1) is 10.8 Å². The van der Waals surface area contributed by atoms with Crippen molar-refractivity contribution in [2.24, 2.45) is 5.92 Å². The van der Waals surface area contributed by atoms with Crippen LogP contribution in [-0.2, 0) is 15.9 Å². The number of nitrogens with zero attached hydrogens (tertiary/aromatic N) is 1. The Labute approximate surface area is 102 Å². The standard InChI is InChI=1S/C10H17ClN2O2S/c1-8(2)7-13(3)16(14,15)10-4-9(5-11)12-6-10/h4,6,8,12H,5,7H2,1-3H3. The van der Waals surface area contributed by atoms with Crippen molar-refractivity contribution in [1.29, 1.82) is 0 Å². The Morgan fingerprint density at radius 2 is 2.12 bits per heavy atom. The Kier molecular flexibility index (Phi) is 4.41. The van der Waals surface area contributed by atoms with Crippen LogP contribution in [0.3, 0.4) is 0 Å². The van der Waals surface area contributed by atoms with Gasteiger partial charge in [0.25, 0.3) is 0 Å². The molecule has 0 radical (unpaired) electrons. The lowest BCUT2D eigenvalue weighted by atomic mass is 10.2. The molecule has 0 spiro atoms. The van der Waals surface area contributed by atoms with E-state index in [0.717, 1.165) is 0 Å². The van der Waals surface area contributed by atoms with Crippen LogP contribution >= 0.6 is 11.6 Å². The molecule has 0 saturated carbocycles. The van der Waals surface area contributed by atoms with Gasteiger partial charge in [-0.3, -0.25) is 0 Å². The third-order valence-electron chi connectivity index (χ3n) is 2.19. The lowest BCUT2D eigenvalue weighted by Gasteiger charge is -2.18. The van der Waals surface area contributed by atoms with Crippen LogP contribution in [0.15, 0.2) is 17.2 Å². The van der Waals surface area contributed by atoms with Crippen LogP contribution in [0.5, 0.6) is 0 Å². The molecule has 1 aromatic rings. The molecule has 1 N–H and O–H groups in total. The van der Waals surface area contributed by atoms with Gasteiger partial charge in [0.2, 0.25) is 10.0 Å². The Bertz CT molecular complexity index is 439. The molecule has 0 aliphatic heterocycles. The molecule has 0 aliphatic carbocycles. The molecule has 16 heavy (non-hydrogen) atoms. The fraction of sp³-hybridized carbons (Fsp3) is 0.600. The maximum atomic E-state index is 12.1. The molecular weight excluding hydrogens is 248 g/mol. The molecule has 92 valence electrons. The Balaban J connectivity index is 2.92. The second-order valence-corrected chi connectivity index (χ2v) is 6.49. The molecule has 0 aliphatic rings. The van der Waals surface area contributed by atoms with E-state index in [1.54, 1.807) is 13.1 Å². The molecule has 0 atom stereocenters. The summed E-state index contributed by atoms with van der Waals surface area (Å²) >= 11 is 5.61. The summed E-state index contributed by atoms with van der Waals surface area (Å²) in [5.41, 5.74) is 0.707. The molecule has 0 fully saturated rings. The smallest absolute Gasteiger partial charge is 0.244 e. The normalized spacial score (nSPS) is 12.6. The van der Waals surface area contributed by atoms with E-state index in [0.29, 0.717) is 18.2 Å². The van der Waals surface area contributed by atoms with Crippen LogP contribution in [0.25, 0.3) is 0 Å². The molecule has 0 bridgehead atoms. The van der Waals surface area contributed by atoms with Crippen LogP contribution in [0.1, 0.15) is 19.5 Å². The summed E-state index contributed by atoms with van der Waals surface area (Å²) in [5, 5.41) is 0. The van der Waals surface area contributed by atoms with Crippen LogP contribution in [-0.4, -0.2) is 31.3 Å². The number of halogens is 1. The van der Waals surface area contributed by atoms with Gasteiger partial charge in [-0.15, -0.1) is 11.6 Å². The highest BCUT2D eigenvalue weighted by molar-refractivity contribution is 7.89. The van der Waals surface area contributed by atoms with Crippen LogP contribution in [0.4, 0.5) is 0 Å². The number of H-pyrrole nitrogens is 1. The number of sulfonamides is 1. The van der Waals surface area contributed by atoms with E-state index >= 15 is 0 Å². The van der Waals surface area contributed by atoms with Crippen molar-refractivity contribution in [1.82, 2.24) is 9.29 Å². The molecule has 1 rings (SSSR count). The first kappa shape index (κ1) is 13.5. The summed E-state index contributed by atoms with van der Waals surface area (Å²) < 4.78 is 25.5. The average Bonchev–Trinajstić information content (AvgIpc) is 2.65. The minimum absolute atomic E-state index is 0.270. The first-order chi connectivity index (χ1) is 7.37. The Morgan fingerprint density at radius 3 is 2.56 bits per heavy atom. The zero-order chi connectivity index (χ0) is 12.3. The van der Waals surface area contributed by atoms with Gasteiger partial charge in [0.15, 0.2) is 0 Å². The van der Waals surface area contributed by atoms with Crippen LogP contribution < -0.4 is 0 Å². The molecule has 1 aromatic heterocycles. The van der Waals surface area contributed by atoms with E-state index in [2.05, 4.69) is 4.98 Å². The minimum atomic E-state index is -3.38. The molecule has 1 heterocycles. The van der Waals surface area contributed by atoms with Gasteiger partial charge in [-0.05, 0) is 12.0 Å². The maximum Gasteiger partial charge on any atom is 0.244 e. The highest BCUT2D eigenvalue weighted by Crippen LogP contribution is 2.17. The summed E-state index contributed by atoms with van der Waals surface area (Å²) in [5.74, 6) is 0.579. The Morgan fingerprint density at radius 1 is 1.50 bits per heavy atom. The van der Waals surface area contributed by atoms with Crippen LogP contribution in [0, 0.1) is 5.92 Å². The van der Waals surface area contributed by atoms with Crippen molar-refractivity contribution in [3.63, 3.8) is 0 Å². The molecule has 0 unspecified atom stereocenters. The maximum absolute atomic E-state index is 12.1. The second-order valence-electron chi connectivity index (χ2n) is 4.17. The topological polar surface area (TPSA) is 53.2 Å². The summed E-state index contributed by atoms with van der Waals surface area (Å²) in [6, 6.07) is 1.57. The minimum Gasteiger partial charge on any atom is -0.363 e. The van der Waals surface area contributed by atoms with E-state index in [4.69, 9.17) is 11.6 Å². The summed E-state index contributed by atoms with van der Waals surface area (Å²) in [7, 11) is -1.79. The van der Waals surface area contributed by atoms with Crippen LogP contribution in [0.2, 0.25) is 0 Å². The van der Waals surface area contributed by atoms with Gasteiger partial charge in [0, 0.05) is 25.5 Å². The summed E-state index contributed by atoms with van der Waals surface area (Å²) in [4.78, 5) is 3.10. The van der Waals surface area contributed by atoms with Gasteiger partial charge in [0.1, 0.15) is 0 Å². The quantitative estimate of drug-likeness (QED) is 0.828. The predicted molar refractivity (Wildman–Crippen MR) is 65.0 cm³/mol. The number of aromatic amines is 1. The molecule has 0 amide bonds. The number of alkyl halides is 1. The van der Waals surface area contributed by atoms with Crippen molar-refractivity contribution in [3.05, 3.63) is 18.0 Å². The molecular formula is C10H17ClN2O2S. The van der Waals surface area contributed by atoms with Crippen molar-refractivity contribution in [2.75, 3.05) is 13.6 Å². The number of hydrogen-bond donors (Lipinski definition) is 1. The molecule has 0 saturated heterocycles.